The van der Waals surface area contributed by atoms with Crippen LogP contribution in [0.3, 0.4) is 0 Å². The Bertz CT molecular complexity index is 616. The van der Waals surface area contributed by atoms with Gasteiger partial charge in [0.25, 0.3) is 0 Å². The van der Waals surface area contributed by atoms with Gasteiger partial charge in [-0.25, -0.2) is 9.97 Å². The quantitative estimate of drug-likeness (QED) is 0.681. The van der Waals surface area contributed by atoms with Gasteiger partial charge in [0.05, 0.1) is 18.3 Å². The molecule has 0 N–H and O–H groups in total. The highest BCUT2D eigenvalue weighted by atomic mass is 32.1. The monoisotopic (exact) mass is 232 g/mol. The number of aromatic nitrogens is 2. The molecule has 5 heteroatoms. The van der Waals surface area contributed by atoms with Crippen molar-refractivity contribution < 1.29 is 9.15 Å². The first-order valence-corrected chi connectivity index (χ1v) is 5.59. The van der Waals surface area contributed by atoms with Gasteiger partial charge in [-0.2, -0.15) is 0 Å². The molecule has 80 valence electrons. The van der Waals surface area contributed by atoms with Gasteiger partial charge in [-0.3, -0.25) is 0 Å². The molecule has 0 aromatic carbocycles. The van der Waals surface area contributed by atoms with Gasteiger partial charge < -0.3 is 9.15 Å². The van der Waals surface area contributed by atoms with Crippen molar-refractivity contribution in [3.05, 3.63) is 29.8 Å². The third-order valence-electron chi connectivity index (χ3n) is 2.21. The van der Waals surface area contributed by atoms with Crippen LogP contribution in [-0.4, -0.2) is 17.1 Å². The summed E-state index contributed by atoms with van der Waals surface area (Å²) in [7, 11) is 1.59. The van der Waals surface area contributed by atoms with E-state index in [2.05, 4.69) is 9.97 Å². The van der Waals surface area contributed by atoms with E-state index in [0.717, 1.165) is 10.6 Å². The van der Waals surface area contributed by atoms with Crippen molar-refractivity contribution in [3.63, 3.8) is 0 Å². The minimum atomic E-state index is 0.524. The molecule has 0 radical (unpaired) electrons. The number of hydrogen-bond acceptors (Lipinski definition) is 5. The van der Waals surface area contributed by atoms with Gasteiger partial charge in [-0.15, -0.1) is 11.3 Å². The van der Waals surface area contributed by atoms with Gasteiger partial charge >= 0.3 is 0 Å². The average Bonchev–Trinajstić information content (AvgIpc) is 2.97. The fourth-order valence-electron chi connectivity index (χ4n) is 1.49. The molecule has 3 aromatic rings. The van der Waals surface area contributed by atoms with E-state index in [4.69, 9.17) is 9.15 Å². The minimum Gasteiger partial charge on any atom is -0.479 e. The van der Waals surface area contributed by atoms with Crippen LogP contribution in [0.2, 0.25) is 0 Å². The molecular weight excluding hydrogens is 224 g/mol. The van der Waals surface area contributed by atoms with E-state index in [0.29, 0.717) is 17.1 Å². The fraction of sp³-hybridized carbons (Fsp3) is 0.0909. The second-order valence-corrected chi connectivity index (χ2v) is 4.12. The van der Waals surface area contributed by atoms with Crippen LogP contribution in [-0.2, 0) is 0 Å². The molecule has 16 heavy (non-hydrogen) atoms. The van der Waals surface area contributed by atoms with E-state index in [1.54, 1.807) is 30.8 Å². The Kier molecular flexibility index (Phi) is 2.11. The molecule has 0 aliphatic rings. The fourth-order valence-corrected chi connectivity index (χ4v) is 2.20. The Morgan fingerprint density at radius 3 is 3.00 bits per heavy atom. The first-order valence-electron chi connectivity index (χ1n) is 4.71. The SMILES string of the molecule is COc1nc2ccoc2nc1-c1cccs1. The van der Waals surface area contributed by atoms with E-state index in [1.807, 2.05) is 17.5 Å². The van der Waals surface area contributed by atoms with Crippen molar-refractivity contribution in [2.75, 3.05) is 7.11 Å². The normalized spacial score (nSPS) is 10.8. The molecular formula is C11H8N2O2S. The predicted molar refractivity (Wildman–Crippen MR) is 61.7 cm³/mol. The van der Waals surface area contributed by atoms with Crippen molar-refractivity contribution in [2.24, 2.45) is 0 Å². The number of methoxy groups -OCH3 is 1. The summed E-state index contributed by atoms with van der Waals surface area (Å²) in [5.74, 6) is 0.524. The van der Waals surface area contributed by atoms with Crippen molar-refractivity contribution in [1.82, 2.24) is 9.97 Å². The third kappa shape index (κ3) is 1.37. The molecule has 0 unspecified atom stereocenters. The van der Waals surface area contributed by atoms with Crippen LogP contribution in [0.15, 0.2) is 34.3 Å². The van der Waals surface area contributed by atoms with Crippen LogP contribution < -0.4 is 4.74 Å². The third-order valence-corrected chi connectivity index (χ3v) is 3.09. The van der Waals surface area contributed by atoms with Gasteiger partial charge in [0.15, 0.2) is 0 Å². The molecule has 0 saturated carbocycles. The van der Waals surface area contributed by atoms with Gasteiger partial charge in [0, 0.05) is 6.07 Å². The van der Waals surface area contributed by atoms with Crippen molar-refractivity contribution in [2.45, 2.75) is 0 Å². The standard InChI is InChI=1S/C11H8N2O2S/c1-14-11-9(8-3-2-6-16-8)13-10-7(12-11)4-5-15-10/h2-6H,1H3. The molecule has 0 aliphatic heterocycles. The number of thiophene rings is 1. The Balaban J connectivity index is 2.29. The van der Waals surface area contributed by atoms with Gasteiger partial charge in [0.2, 0.25) is 11.6 Å². The number of furan rings is 1. The van der Waals surface area contributed by atoms with Crippen LogP contribution in [0.4, 0.5) is 0 Å². The Morgan fingerprint density at radius 1 is 1.31 bits per heavy atom. The molecule has 4 nitrogen and oxygen atoms in total. The maximum Gasteiger partial charge on any atom is 0.245 e. The summed E-state index contributed by atoms with van der Waals surface area (Å²) in [4.78, 5) is 9.76. The van der Waals surface area contributed by atoms with Gasteiger partial charge in [-0.1, -0.05) is 6.07 Å². The van der Waals surface area contributed by atoms with E-state index >= 15 is 0 Å². The first kappa shape index (κ1) is 9.35. The first-order chi connectivity index (χ1) is 7.88. The summed E-state index contributed by atoms with van der Waals surface area (Å²) in [5.41, 5.74) is 1.96. The molecule has 0 atom stereocenters. The average molecular weight is 232 g/mol. The lowest BCUT2D eigenvalue weighted by Gasteiger charge is -2.03. The molecule has 0 bridgehead atoms. The highest BCUT2D eigenvalue weighted by molar-refractivity contribution is 7.13. The van der Waals surface area contributed by atoms with Crippen LogP contribution in [0.1, 0.15) is 0 Å². The topological polar surface area (TPSA) is 48.2 Å². The van der Waals surface area contributed by atoms with Crippen molar-refractivity contribution in [1.29, 1.82) is 0 Å². The molecule has 3 rings (SSSR count). The molecule has 0 amide bonds. The Labute approximate surface area is 95.5 Å². The lowest BCUT2D eigenvalue weighted by atomic mass is 10.3. The van der Waals surface area contributed by atoms with E-state index < -0.39 is 0 Å². The highest BCUT2D eigenvalue weighted by Gasteiger charge is 2.13. The highest BCUT2D eigenvalue weighted by Crippen LogP contribution is 2.31. The summed E-state index contributed by atoms with van der Waals surface area (Å²) in [5, 5.41) is 1.99. The molecule has 0 saturated heterocycles. The van der Waals surface area contributed by atoms with E-state index in [-0.39, 0.29) is 0 Å². The van der Waals surface area contributed by atoms with Crippen LogP contribution in [0.25, 0.3) is 21.8 Å². The zero-order valence-electron chi connectivity index (χ0n) is 8.51. The Morgan fingerprint density at radius 2 is 2.25 bits per heavy atom. The number of fused-ring (bicyclic) bond motifs is 1. The molecule has 0 fully saturated rings. The predicted octanol–water partition coefficient (Wildman–Crippen LogP) is 2.96. The second kappa shape index (κ2) is 3.61. The largest absolute Gasteiger partial charge is 0.479 e. The molecule has 3 heterocycles. The number of nitrogens with zero attached hydrogens (tertiary/aromatic N) is 2. The summed E-state index contributed by atoms with van der Waals surface area (Å²) in [6.45, 7) is 0. The van der Waals surface area contributed by atoms with Crippen LogP contribution >= 0.6 is 11.3 Å². The van der Waals surface area contributed by atoms with E-state index in [9.17, 15) is 0 Å². The summed E-state index contributed by atoms with van der Waals surface area (Å²) < 4.78 is 10.5. The molecule has 0 spiro atoms. The summed E-state index contributed by atoms with van der Waals surface area (Å²) >= 11 is 1.59. The van der Waals surface area contributed by atoms with Crippen molar-refractivity contribution >= 4 is 22.6 Å². The van der Waals surface area contributed by atoms with Crippen LogP contribution in [0.5, 0.6) is 5.88 Å². The van der Waals surface area contributed by atoms with E-state index in [1.165, 1.54) is 0 Å². The second-order valence-electron chi connectivity index (χ2n) is 3.17. The van der Waals surface area contributed by atoms with Gasteiger partial charge in [-0.05, 0) is 11.4 Å². The number of hydrogen-bond donors (Lipinski definition) is 0. The zero-order chi connectivity index (χ0) is 11.0. The molecule has 0 aliphatic carbocycles. The lowest BCUT2D eigenvalue weighted by molar-refractivity contribution is 0.399. The smallest absolute Gasteiger partial charge is 0.245 e. The van der Waals surface area contributed by atoms with Crippen molar-refractivity contribution in [3.8, 4) is 16.5 Å². The minimum absolute atomic E-state index is 0.524. The maximum absolute atomic E-state index is 5.24. The number of ether oxygens (including phenoxy) is 1. The maximum atomic E-state index is 5.24. The Hall–Kier alpha value is -1.88. The summed E-state index contributed by atoms with van der Waals surface area (Å²) in [6, 6.07) is 5.71. The lowest BCUT2D eigenvalue weighted by Crippen LogP contribution is -1.93. The van der Waals surface area contributed by atoms with Crippen LogP contribution in [0, 0.1) is 0 Å². The van der Waals surface area contributed by atoms with Gasteiger partial charge in [0.1, 0.15) is 11.2 Å². The molecule has 3 aromatic heterocycles. The zero-order valence-corrected chi connectivity index (χ0v) is 9.32. The summed E-state index contributed by atoms with van der Waals surface area (Å²) in [6.07, 6.45) is 1.57. The number of rotatable bonds is 2.